The minimum absolute atomic E-state index is 0.213. The number of rotatable bonds is 5. The van der Waals surface area contributed by atoms with Crippen LogP contribution in [-0.2, 0) is 9.59 Å². The first-order valence-electron chi connectivity index (χ1n) is 12.2. The first kappa shape index (κ1) is 23.9. The summed E-state index contributed by atoms with van der Waals surface area (Å²) in [6.45, 7) is 0. The third kappa shape index (κ3) is 4.03. The van der Waals surface area contributed by atoms with Crippen LogP contribution in [0.25, 0.3) is 6.08 Å². The molecule has 4 aromatic rings. The molecule has 0 bridgehead atoms. The first-order valence-corrected chi connectivity index (χ1v) is 13.0. The Morgan fingerprint density at radius 3 is 1.95 bits per heavy atom. The van der Waals surface area contributed by atoms with Gasteiger partial charge in [-0.25, -0.2) is 0 Å². The minimum Gasteiger partial charge on any atom is -0.497 e. The predicted octanol–water partition coefficient (Wildman–Crippen LogP) is 6.93. The average molecular weight is 563 g/mol. The molecule has 2 heterocycles. The Labute approximate surface area is 229 Å². The number of methoxy groups -OCH3 is 1. The fourth-order valence-corrected chi connectivity index (χ4v) is 5.34. The summed E-state index contributed by atoms with van der Waals surface area (Å²) >= 11 is 3.52. The fraction of sp³-hybridized carbons (Fsp3) is 0.0625. The van der Waals surface area contributed by atoms with Crippen LogP contribution in [0.5, 0.6) is 5.75 Å². The van der Waals surface area contributed by atoms with Crippen molar-refractivity contribution >= 4 is 45.2 Å². The maximum Gasteiger partial charge on any atom is 0.276 e. The molecule has 6 heteroatoms. The molecular weight excluding hydrogens is 540 g/mol. The van der Waals surface area contributed by atoms with E-state index in [0.29, 0.717) is 22.5 Å². The van der Waals surface area contributed by atoms with Crippen LogP contribution in [0.4, 0.5) is 11.4 Å². The zero-order valence-corrected chi connectivity index (χ0v) is 22.1. The molecule has 0 aliphatic carbocycles. The van der Waals surface area contributed by atoms with Crippen LogP contribution in [0.1, 0.15) is 17.2 Å². The van der Waals surface area contributed by atoms with Crippen molar-refractivity contribution in [2.45, 2.75) is 6.04 Å². The second-order valence-corrected chi connectivity index (χ2v) is 9.95. The summed E-state index contributed by atoms with van der Waals surface area (Å²) in [6.07, 6.45) is 1.87. The van der Waals surface area contributed by atoms with Crippen molar-refractivity contribution in [1.82, 2.24) is 0 Å². The van der Waals surface area contributed by atoms with Crippen LogP contribution >= 0.6 is 15.9 Å². The Balaban J connectivity index is 1.59. The molecule has 0 fully saturated rings. The van der Waals surface area contributed by atoms with Gasteiger partial charge in [0.25, 0.3) is 11.8 Å². The van der Waals surface area contributed by atoms with E-state index >= 15 is 0 Å². The summed E-state index contributed by atoms with van der Waals surface area (Å²) in [5.41, 5.74) is 4.76. The Hall–Kier alpha value is -4.42. The van der Waals surface area contributed by atoms with Crippen LogP contribution < -0.4 is 14.5 Å². The third-order valence-corrected chi connectivity index (χ3v) is 7.35. The maximum absolute atomic E-state index is 14.3. The lowest BCUT2D eigenvalue weighted by Crippen LogP contribution is -2.38. The molecule has 0 saturated carbocycles. The molecule has 1 atom stereocenters. The number of hydrogen-bond donors (Lipinski definition) is 0. The Morgan fingerprint density at radius 2 is 1.34 bits per heavy atom. The van der Waals surface area contributed by atoms with Gasteiger partial charge in [0, 0.05) is 27.0 Å². The van der Waals surface area contributed by atoms with Crippen molar-refractivity contribution < 1.29 is 14.3 Å². The van der Waals surface area contributed by atoms with Crippen LogP contribution in [-0.4, -0.2) is 18.9 Å². The number of carbonyl (C=O) groups is 2. The highest BCUT2D eigenvalue weighted by Crippen LogP contribution is 2.50. The summed E-state index contributed by atoms with van der Waals surface area (Å²) in [4.78, 5) is 31.7. The highest BCUT2D eigenvalue weighted by molar-refractivity contribution is 9.10. The molecular formula is C32H23BrN2O3. The van der Waals surface area contributed by atoms with Crippen LogP contribution in [0.15, 0.2) is 131 Å². The van der Waals surface area contributed by atoms with Crippen molar-refractivity contribution in [3.05, 3.63) is 142 Å². The lowest BCUT2D eigenvalue weighted by Gasteiger charge is -2.30. The van der Waals surface area contributed by atoms with Crippen LogP contribution in [0.2, 0.25) is 0 Å². The van der Waals surface area contributed by atoms with Crippen molar-refractivity contribution in [2.75, 3.05) is 16.9 Å². The smallest absolute Gasteiger partial charge is 0.276 e. The van der Waals surface area contributed by atoms with Gasteiger partial charge in [0.05, 0.1) is 13.2 Å². The Bertz CT molecular complexity index is 1580. The monoisotopic (exact) mass is 562 g/mol. The number of carbonyl (C=O) groups excluding carboxylic acids is 2. The van der Waals surface area contributed by atoms with E-state index in [1.165, 1.54) is 0 Å². The molecule has 2 aliphatic heterocycles. The van der Waals surface area contributed by atoms with E-state index in [1.807, 2.05) is 115 Å². The summed E-state index contributed by atoms with van der Waals surface area (Å²) in [5.74, 6) is 0.296. The second kappa shape index (κ2) is 9.80. The first-order chi connectivity index (χ1) is 18.6. The van der Waals surface area contributed by atoms with E-state index in [9.17, 15) is 9.59 Å². The molecule has 2 aliphatic rings. The third-order valence-electron chi connectivity index (χ3n) is 6.82. The molecule has 0 radical (unpaired) electrons. The van der Waals surface area contributed by atoms with E-state index in [2.05, 4.69) is 15.9 Å². The van der Waals surface area contributed by atoms with Gasteiger partial charge in [0.15, 0.2) is 0 Å². The maximum atomic E-state index is 14.3. The van der Waals surface area contributed by atoms with Crippen molar-refractivity contribution in [3.8, 4) is 5.75 Å². The van der Waals surface area contributed by atoms with Crippen molar-refractivity contribution in [3.63, 3.8) is 0 Å². The quantitative estimate of drug-likeness (QED) is 0.248. The number of hydrogen-bond acceptors (Lipinski definition) is 3. The Kier molecular flexibility index (Phi) is 6.18. The zero-order chi connectivity index (χ0) is 26.2. The molecule has 0 aromatic heterocycles. The van der Waals surface area contributed by atoms with E-state index in [0.717, 1.165) is 27.0 Å². The van der Waals surface area contributed by atoms with Crippen LogP contribution in [0, 0.1) is 0 Å². The summed E-state index contributed by atoms with van der Waals surface area (Å²) in [7, 11) is 1.62. The summed E-state index contributed by atoms with van der Waals surface area (Å²) in [6, 6.07) is 33.9. The van der Waals surface area contributed by atoms with Gasteiger partial charge in [-0.2, -0.15) is 0 Å². The van der Waals surface area contributed by atoms with Gasteiger partial charge in [-0.15, -0.1) is 0 Å². The fourth-order valence-electron chi connectivity index (χ4n) is 5.08. The van der Waals surface area contributed by atoms with Gasteiger partial charge in [0.1, 0.15) is 11.4 Å². The van der Waals surface area contributed by atoms with E-state index < -0.39 is 6.04 Å². The molecule has 0 spiro atoms. The highest BCUT2D eigenvalue weighted by Gasteiger charge is 2.52. The molecule has 6 rings (SSSR count). The van der Waals surface area contributed by atoms with Gasteiger partial charge in [-0.05, 0) is 65.7 Å². The number of para-hydroxylation sites is 2. The molecule has 0 N–H and O–H groups in total. The zero-order valence-electron chi connectivity index (χ0n) is 20.5. The number of benzene rings is 4. The molecule has 5 nitrogen and oxygen atoms in total. The van der Waals surface area contributed by atoms with Crippen LogP contribution in [0.3, 0.4) is 0 Å². The lowest BCUT2D eigenvalue weighted by molar-refractivity contribution is -0.118. The lowest BCUT2D eigenvalue weighted by atomic mass is 9.93. The van der Waals surface area contributed by atoms with Gasteiger partial charge in [-0.3, -0.25) is 19.4 Å². The number of amides is 2. The van der Waals surface area contributed by atoms with Gasteiger partial charge < -0.3 is 4.74 Å². The molecule has 2 amide bonds. The van der Waals surface area contributed by atoms with Crippen molar-refractivity contribution in [1.29, 1.82) is 0 Å². The van der Waals surface area contributed by atoms with E-state index in [4.69, 9.17) is 4.74 Å². The molecule has 38 heavy (non-hydrogen) atoms. The highest BCUT2D eigenvalue weighted by atomic mass is 79.9. The van der Waals surface area contributed by atoms with Gasteiger partial charge >= 0.3 is 0 Å². The minimum atomic E-state index is -0.477. The Morgan fingerprint density at radius 1 is 0.737 bits per heavy atom. The predicted molar refractivity (Wildman–Crippen MR) is 153 cm³/mol. The normalized spacial score (nSPS) is 17.9. The number of halogens is 1. The molecule has 1 unspecified atom stereocenters. The number of nitrogens with zero attached hydrogens (tertiary/aromatic N) is 2. The van der Waals surface area contributed by atoms with Gasteiger partial charge in [0.2, 0.25) is 0 Å². The standard InChI is InChI=1S/C32H23BrN2O3/c1-38-26-18-12-21(13-19-26)20-27-28-29(22-14-16-23(33)17-15-22)34(24-8-4-2-5-9-24)32(37)30(28)35(31(27)36)25-10-6-3-7-11-25/h2-20,29H,1H3. The van der Waals surface area contributed by atoms with Gasteiger partial charge in [-0.1, -0.05) is 76.6 Å². The largest absolute Gasteiger partial charge is 0.497 e. The van der Waals surface area contributed by atoms with E-state index in [-0.39, 0.29) is 11.8 Å². The topological polar surface area (TPSA) is 49.9 Å². The molecule has 186 valence electrons. The summed E-state index contributed by atoms with van der Waals surface area (Å²) in [5, 5.41) is 0. The number of anilines is 2. The second-order valence-electron chi connectivity index (χ2n) is 9.03. The average Bonchev–Trinajstić information content (AvgIpc) is 3.41. The van der Waals surface area contributed by atoms with Crippen molar-refractivity contribution in [2.24, 2.45) is 0 Å². The van der Waals surface area contributed by atoms with E-state index in [1.54, 1.807) is 16.9 Å². The molecule has 4 aromatic carbocycles. The molecule has 0 saturated heterocycles. The SMILES string of the molecule is COc1ccc(C=C2C(=O)N(c3ccccc3)C3=C2C(c2ccc(Br)cc2)N(c2ccccc2)C3=O)cc1. The summed E-state index contributed by atoms with van der Waals surface area (Å²) < 4.78 is 6.24. The number of ether oxygens (including phenoxy) is 1.